The maximum atomic E-state index is 12.2. The summed E-state index contributed by atoms with van der Waals surface area (Å²) in [6.07, 6.45) is -1.08. The van der Waals surface area contributed by atoms with E-state index in [1.807, 2.05) is 38.1 Å². The van der Waals surface area contributed by atoms with Crippen molar-refractivity contribution in [2.75, 3.05) is 13.2 Å². The van der Waals surface area contributed by atoms with Crippen LogP contribution in [0.1, 0.15) is 16.7 Å². The number of carbonyl (C=O) groups excluding carboxylic acids is 1. The fourth-order valence-electron chi connectivity index (χ4n) is 2.64. The molecule has 0 spiro atoms. The normalized spacial score (nSPS) is 17.4. The van der Waals surface area contributed by atoms with E-state index in [4.69, 9.17) is 8.92 Å². The number of rotatable bonds is 6. The van der Waals surface area contributed by atoms with Crippen LogP contribution < -0.4 is 0 Å². The van der Waals surface area contributed by atoms with Crippen molar-refractivity contribution in [3.05, 3.63) is 65.2 Å². The van der Waals surface area contributed by atoms with Crippen LogP contribution in [-0.2, 0) is 25.6 Å². The van der Waals surface area contributed by atoms with E-state index in [1.165, 1.54) is 17.0 Å². The summed E-state index contributed by atoms with van der Waals surface area (Å²) >= 11 is 0. The molecule has 1 atom stereocenters. The summed E-state index contributed by atoms with van der Waals surface area (Å²) in [6.45, 7) is 4.37. The summed E-state index contributed by atoms with van der Waals surface area (Å²) in [5, 5.41) is 0. The van der Waals surface area contributed by atoms with Gasteiger partial charge in [0.25, 0.3) is 10.1 Å². The molecule has 0 aliphatic carbocycles. The van der Waals surface area contributed by atoms with Crippen LogP contribution in [-0.4, -0.2) is 38.7 Å². The molecule has 0 bridgehead atoms. The first-order chi connectivity index (χ1) is 12.3. The van der Waals surface area contributed by atoms with Crippen LogP contribution >= 0.6 is 0 Å². The van der Waals surface area contributed by atoms with Gasteiger partial charge in [-0.15, -0.1) is 0 Å². The summed E-state index contributed by atoms with van der Waals surface area (Å²) < 4.78 is 34.7. The average molecular weight is 375 g/mol. The molecule has 1 amide bonds. The fourth-order valence-corrected chi connectivity index (χ4v) is 3.58. The third-order valence-electron chi connectivity index (χ3n) is 4.16. The molecule has 1 saturated heterocycles. The lowest BCUT2D eigenvalue weighted by molar-refractivity contribution is 0.104. The molecule has 3 rings (SSSR count). The van der Waals surface area contributed by atoms with E-state index in [1.54, 1.807) is 12.1 Å². The molecule has 7 heteroatoms. The summed E-state index contributed by atoms with van der Waals surface area (Å²) in [4.78, 5) is 13.6. The Morgan fingerprint density at radius 3 is 2.23 bits per heavy atom. The molecular formula is C19H21NO5S. The molecule has 2 aromatic carbocycles. The first-order valence-electron chi connectivity index (χ1n) is 8.31. The second kappa shape index (κ2) is 7.47. The van der Waals surface area contributed by atoms with Crippen molar-refractivity contribution in [2.24, 2.45) is 0 Å². The molecule has 2 aromatic rings. The van der Waals surface area contributed by atoms with Gasteiger partial charge in [0.1, 0.15) is 12.7 Å². The Morgan fingerprint density at radius 2 is 1.62 bits per heavy atom. The van der Waals surface area contributed by atoms with Gasteiger partial charge in [-0.3, -0.25) is 4.18 Å². The predicted molar refractivity (Wildman–Crippen MR) is 96.2 cm³/mol. The van der Waals surface area contributed by atoms with Crippen molar-refractivity contribution in [1.29, 1.82) is 0 Å². The van der Waals surface area contributed by atoms with Crippen molar-refractivity contribution < 1.29 is 22.1 Å². The Kier molecular flexibility index (Phi) is 5.29. The third-order valence-corrected chi connectivity index (χ3v) is 5.46. The monoisotopic (exact) mass is 375 g/mol. The average Bonchev–Trinajstić information content (AvgIpc) is 2.95. The van der Waals surface area contributed by atoms with E-state index in [0.717, 1.165) is 16.7 Å². The third kappa shape index (κ3) is 4.42. The maximum Gasteiger partial charge on any atom is 0.410 e. The zero-order valence-electron chi connectivity index (χ0n) is 14.7. The number of hydrogen-bond donors (Lipinski definition) is 0. The molecule has 0 aromatic heterocycles. The highest BCUT2D eigenvalue weighted by atomic mass is 32.2. The van der Waals surface area contributed by atoms with Gasteiger partial charge in [-0.1, -0.05) is 47.5 Å². The maximum absolute atomic E-state index is 12.2. The number of ether oxygens (including phenoxy) is 1. The highest BCUT2D eigenvalue weighted by Crippen LogP contribution is 2.18. The minimum Gasteiger partial charge on any atom is -0.442 e. The zero-order valence-corrected chi connectivity index (χ0v) is 15.5. The van der Waals surface area contributed by atoms with E-state index in [2.05, 4.69) is 0 Å². The minimum absolute atomic E-state index is 0.0870. The van der Waals surface area contributed by atoms with Crippen molar-refractivity contribution >= 4 is 16.2 Å². The smallest absolute Gasteiger partial charge is 0.410 e. The van der Waals surface area contributed by atoms with Gasteiger partial charge in [0.2, 0.25) is 0 Å². The largest absolute Gasteiger partial charge is 0.442 e. The van der Waals surface area contributed by atoms with Gasteiger partial charge >= 0.3 is 6.09 Å². The molecule has 6 nitrogen and oxygen atoms in total. The molecule has 138 valence electrons. The predicted octanol–water partition coefficient (Wildman–Crippen LogP) is 3.03. The summed E-state index contributed by atoms with van der Waals surface area (Å²) in [5.74, 6) is 0. The van der Waals surface area contributed by atoms with Crippen LogP contribution in [0, 0.1) is 13.8 Å². The summed E-state index contributed by atoms with van der Waals surface area (Å²) in [7, 11) is -3.87. The van der Waals surface area contributed by atoms with Crippen LogP contribution in [0.5, 0.6) is 0 Å². The van der Waals surface area contributed by atoms with E-state index in [9.17, 15) is 13.2 Å². The van der Waals surface area contributed by atoms with Crippen molar-refractivity contribution in [2.45, 2.75) is 31.4 Å². The molecule has 1 unspecified atom stereocenters. The highest BCUT2D eigenvalue weighted by Gasteiger charge is 2.32. The molecule has 1 aliphatic rings. The molecular weight excluding hydrogens is 354 g/mol. The molecule has 0 N–H and O–H groups in total. The Labute approximate surface area is 153 Å². The second-order valence-corrected chi connectivity index (χ2v) is 8.04. The van der Waals surface area contributed by atoms with Crippen LogP contribution in [0.25, 0.3) is 0 Å². The summed E-state index contributed by atoms with van der Waals surface area (Å²) in [6, 6.07) is 14.3. The van der Waals surface area contributed by atoms with Crippen molar-refractivity contribution in [1.82, 2.24) is 4.90 Å². The van der Waals surface area contributed by atoms with Crippen LogP contribution in [0.4, 0.5) is 4.79 Å². The minimum atomic E-state index is -3.87. The first-order valence-corrected chi connectivity index (χ1v) is 9.71. The first kappa shape index (κ1) is 18.4. The Bertz CT molecular complexity index is 875. The topological polar surface area (TPSA) is 72.9 Å². The lowest BCUT2D eigenvalue weighted by Crippen LogP contribution is -2.26. The van der Waals surface area contributed by atoms with Crippen LogP contribution in [0.2, 0.25) is 0 Å². The van der Waals surface area contributed by atoms with Crippen LogP contribution in [0.3, 0.4) is 0 Å². The van der Waals surface area contributed by atoms with Gasteiger partial charge in [0, 0.05) is 6.54 Å². The number of nitrogens with zero attached hydrogens (tertiary/aromatic N) is 1. The number of hydrogen-bond acceptors (Lipinski definition) is 5. The molecule has 1 heterocycles. The lowest BCUT2D eigenvalue weighted by atomic mass is 10.1. The number of amides is 1. The highest BCUT2D eigenvalue weighted by molar-refractivity contribution is 7.86. The molecule has 1 fully saturated rings. The van der Waals surface area contributed by atoms with Crippen LogP contribution in [0.15, 0.2) is 53.4 Å². The van der Waals surface area contributed by atoms with Crippen molar-refractivity contribution in [3.63, 3.8) is 0 Å². The number of carbonyl (C=O) groups is 1. The number of aryl methyl sites for hydroxylation is 2. The van der Waals surface area contributed by atoms with Gasteiger partial charge in [-0.25, -0.2) is 4.79 Å². The number of cyclic esters (lactones) is 1. The SMILES string of the molecule is Cc1ccc(CN2CC(COS(=O)(=O)c3ccc(C)cc3)OC2=O)cc1. The van der Waals surface area contributed by atoms with Gasteiger partial charge in [-0.2, -0.15) is 8.42 Å². The summed E-state index contributed by atoms with van der Waals surface area (Å²) in [5.41, 5.74) is 3.09. The molecule has 0 saturated carbocycles. The number of benzene rings is 2. The Morgan fingerprint density at radius 1 is 1.04 bits per heavy atom. The Hall–Kier alpha value is -2.38. The molecule has 0 radical (unpaired) electrons. The lowest BCUT2D eigenvalue weighted by Gasteiger charge is -2.13. The molecule has 26 heavy (non-hydrogen) atoms. The second-order valence-electron chi connectivity index (χ2n) is 6.42. The van der Waals surface area contributed by atoms with E-state index in [-0.39, 0.29) is 18.0 Å². The van der Waals surface area contributed by atoms with Gasteiger partial charge in [-0.05, 0) is 31.5 Å². The fraction of sp³-hybridized carbons (Fsp3) is 0.316. The van der Waals surface area contributed by atoms with Gasteiger partial charge in [0.15, 0.2) is 0 Å². The van der Waals surface area contributed by atoms with Gasteiger partial charge < -0.3 is 9.64 Å². The zero-order chi connectivity index (χ0) is 18.7. The van der Waals surface area contributed by atoms with E-state index >= 15 is 0 Å². The molecule has 1 aliphatic heterocycles. The Balaban J connectivity index is 1.57. The van der Waals surface area contributed by atoms with Crippen molar-refractivity contribution in [3.8, 4) is 0 Å². The van der Waals surface area contributed by atoms with Gasteiger partial charge in [0.05, 0.1) is 11.4 Å². The standard InChI is InChI=1S/C19H21NO5S/c1-14-3-7-16(8-4-14)11-20-12-17(25-19(20)21)13-24-26(22,23)18-9-5-15(2)6-10-18/h3-10,17H,11-13H2,1-2H3. The van der Waals surface area contributed by atoms with E-state index in [0.29, 0.717) is 6.54 Å². The quantitative estimate of drug-likeness (QED) is 0.726. The van der Waals surface area contributed by atoms with E-state index < -0.39 is 22.3 Å².